The van der Waals surface area contributed by atoms with Crippen molar-refractivity contribution in [1.82, 2.24) is 10.2 Å². The standard InChI is InChI=1S/C21H30N2O2/c1-14-3-4-15(2)17(7-14)10-23-11-19-18(13-25-20(19)12-23)9-22-21(24)8-16-5-6-16/h3-4,7,16,18-20H,5-6,8-13H2,1-2H3,(H,22,24)/t18-,19+,20+/m1/s1. The second-order valence-electron chi connectivity index (χ2n) is 8.37. The molecule has 136 valence electrons. The van der Waals surface area contributed by atoms with E-state index < -0.39 is 0 Å². The van der Waals surface area contributed by atoms with Gasteiger partial charge in [-0.05, 0) is 43.7 Å². The highest BCUT2D eigenvalue weighted by molar-refractivity contribution is 5.76. The number of likely N-dealkylation sites (tertiary alicyclic amines) is 1. The van der Waals surface area contributed by atoms with E-state index in [-0.39, 0.29) is 5.91 Å². The van der Waals surface area contributed by atoms with Crippen molar-refractivity contribution in [2.45, 2.75) is 45.8 Å². The van der Waals surface area contributed by atoms with Crippen molar-refractivity contribution in [1.29, 1.82) is 0 Å². The number of aryl methyl sites for hydroxylation is 2. The first-order valence-corrected chi connectivity index (χ1v) is 9.75. The van der Waals surface area contributed by atoms with Crippen LogP contribution in [0.3, 0.4) is 0 Å². The number of rotatable bonds is 6. The van der Waals surface area contributed by atoms with Crippen LogP contribution in [0.25, 0.3) is 0 Å². The lowest BCUT2D eigenvalue weighted by Gasteiger charge is -2.21. The zero-order valence-electron chi connectivity index (χ0n) is 15.5. The number of fused-ring (bicyclic) bond motifs is 1. The molecule has 0 unspecified atom stereocenters. The van der Waals surface area contributed by atoms with E-state index in [1.54, 1.807) is 0 Å². The molecule has 2 aliphatic heterocycles. The highest BCUT2D eigenvalue weighted by Crippen LogP contribution is 2.35. The molecule has 2 heterocycles. The topological polar surface area (TPSA) is 41.6 Å². The summed E-state index contributed by atoms with van der Waals surface area (Å²) < 4.78 is 6.04. The van der Waals surface area contributed by atoms with Gasteiger partial charge in [0.1, 0.15) is 0 Å². The SMILES string of the molecule is Cc1ccc(C)c(CN2C[C@H]3[C@H](CNC(=O)CC4CC4)CO[C@H]3C2)c1. The molecule has 0 aromatic heterocycles. The smallest absolute Gasteiger partial charge is 0.220 e. The van der Waals surface area contributed by atoms with Gasteiger partial charge in [0.15, 0.2) is 0 Å². The molecule has 0 radical (unpaired) electrons. The summed E-state index contributed by atoms with van der Waals surface area (Å²) in [5.74, 6) is 1.92. The molecule has 1 N–H and O–H groups in total. The summed E-state index contributed by atoms with van der Waals surface area (Å²) in [7, 11) is 0. The Morgan fingerprint density at radius 1 is 1.28 bits per heavy atom. The minimum atomic E-state index is 0.233. The van der Waals surface area contributed by atoms with Gasteiger partial charge in [0.2, 0.25) is 5.91 Å². The van der Waals surface area contributed by atoms with Crippen LogP contribution in [0.4, 0.5) is 0 Å². The Labute approximate surface area is 150 Å². The van der Waals surface area contributed by atoms with E-state index in [4.69, 9.17) is 4.74 Å². The molecule has 25 heavy (non-hydrogen) atoms. The Balaban J connectivity index is 1.30. The number of nitrogens with zero attached hydrogens (tertiary/aromatic N) is 1. The minimum absolute atomic E-state index is 0.233. The monoisotopic (exact) mass is 342 g/mol. The first-order valence-electron chi connectivity index (χ1n) is 9.75. The van der Waals surface area contributed by atoms with Crippen molar-refractivity contribution in [3.05, 3.63) is 34.9 Å². The van der Waals surface area contributed by atoms with E-state index in [2.05, 4.69) is 42.3 Å². The summed E-state index contributed by atoms with van der Waals surface area (Å²) in [4.78, 5) is 14.5. The average molecular weight is 342 g/mol. The Hall–Kier alpha value is -1.39. The molecule has 1 aromatic carbocycles. The van der Waals surface area contributed by atoms with Crippen molar-refractivity contribution in [2.24, 2.45) is 17.8 Å². The third-order valence-corrected chi connectivity index (χ3v) is 6.15. The molecular formula is C21H30N2O2. The van der Waals surface area contributed by atoms with E-state index in [0.29, 0.717) is 23.9 Å². The van der Waals surface area contributed by atoms with E-state index in [1.165, 1.54) is 29.5 Å². The Morgan fingerprint density at radius 2 is 2.12 bits per heavy atom. The second-order valence-corrected chi connectivity index (χ2v) is 8.37. The summed E-state index contributed by atoms with van der Waals surface area (Å²) >= 11 is 0. The van der Waals surface area contributed by atoms with Crippen molar-refractivity contribution in [3.8, 4) is 0 Å². The predicted molar refractivity (Wildman–Crippen MR) is 98.3 cm³/mol. The van der Waals surface area contributed by atoms with Crippen molar-refractivity contribution in [2.75, 3.05) is 26.2 Å². The van der Waals surface area contributed by atoms with E-state index in [9.17, 15) is 4.79 Å². The third kappa shape index (κ3) is 4.06. The first kappa shape index (κ1) is 17.0. The van der Waals surface area contributed by atoms with Crippen LogP contribution >= 0.6 is 0 Å². The van der Waals surface area contributed by atoms with Crippen molar-refractivity contribution < 1.29 is 9.53 Å². The van der Waals surface area contributed by atoms with Crippen LogP contribution in [0.2, 0.25) is 0 Å². The van der Waals surface area contributed by atoms with Gasteiger partial charge in [-0.3, -0.25) is 9.69 Å². The van der Waals surface area contributed by atoms with Crippen LogP contribution in [0, 0.1) is 31.6 Å². The second kappa shape index (κ2) is 7.08. The van der Waals surface area contributed by atoms with Crippen LogP contribution in [0.5, 0.6) is 0 Å². The maximum absolute atomic E-state index is 12.0. The van der Waals surface area contributed by atoms with E-state index in [1.807, 2.05) is 0 Å². The first-order chi connectivity index (χ1) is 12.1. The van der Waals surface area contributed by atoms with Crippen LogP contribution in [0.1, 0.15) is 36.0 Å². The van der Waals surface area contributed by atoms with E-state index >= 15 is 0 Å². The average Bonchev–Trinajstić information content (AvgIpc) is 3.17. The lowest BCUT2D eigenvalue weighted by atomic mass is 9.93. The maximum Gasteiger partial charge on any atom is 0.220 e. The largest absolute Gasteiger partial charge is 0.376 e. The molecule has 3 atom stereocenters. The summed E-state index contributed by atoms with van der Waals surface area (Å²) in [5.41, 5.74) is 4.12. The Morgan fingerprint density at radius 3 is 2.92 bits per heavy atom. The summed E-state index contributed by atoms with van der Waals surface area (Å²) in [5, 5.41) is 3.15. The zero-order chi connectivity index (χ0) is 17.4. The number of amides is 1. The number of carbonyl (C=O) groups is 1. The van der Waals surface area contributed by atoms with Gasteiger partial charge in [-0.25, -0.2) is 0 Å². The summed E-state index contributed by atoms with van der Waals surface area (Å²) in [6.07, 6.45) is 3.53. The van der Waals surface area contributed by atoms with Gasteiger partial charge in [0.25, 0.3) is 0 Å². The van der Waals surface area contributed by atoms with Gasteiger partial charge in [-0.2, -0.15) is 0 Å². The molecule has 1 aliphatic carbocycles. The normalized spacial score (nSPS) is 29.0. The molecule has 3 fully saturated rings. The van der Waals surface area contributed by atoms with Gasteiger partial charge in [-0.15, -0.1) is 0 Å². The van der Waals surface area contributed by atoms with Gasteiger partial charge in [0.05, 0.1) is 12.7 Å². The molecule has 3 aliphatic rings. The molecule has 4 nitrogen and oxygen atoms in total. The van der Waals surface area contributed by atoms with Crippen LogP contribution in [-0.2, 0) is 16.1 Å². The fourth-order valence-corrected chi connectivity index (χ4v) is 4.33. The van der Waals surface area contributed by atoms with Crippen molar-refractivity contribution >= 4 is 5.91 Å². The molecule has 2 saturated heterocycles. The highest BCUT2D eigenvalue weighted by Gasteiger charge is 2.43. The summed E-state index contributed by atoms with van der Waals surface area (Å²) in [6, 6.07) is 6.71. The van der Waals surface area contributed by atoms with Crippen LogP contribution in [-0.4, -0.2) is 43.2 Å². The highest BCUT2D eigenvalue weighted by atomic mass is 16.5. The maximum atomic E-state index is 12.0. The van der Waals surface area contributed by atoms with Gasteiger partial charge < -0.3 is 10.1 Å². The number of nitrogens with one attached hydrogen (secondary N) is 1. The molecule has 1 aromatic rings. The lowest BCUT2D eigenvalue weighted by molar-refractivity contribution is -0.121. The van der Waals surface area contributed by atoms with Gasteiger partial charge in [0, 0.05) is 44.4 Å². The zero-order valence-corrected chi connectivity index (χ0v) is 15.5. The fourth-order valence-electron chi connectivity index (χ4n) is 4.33. The minimum Gasteiger partial charge on any atom is -0.376 e. The molecular weight excluding hydrogens is 312 g/mol. The van der Waals surface area contributed by atoms with Gasteiger partial charge in [-0.1, -0.05) is 23.8 Å². The molecule has 0 spiro atoms. The lowest BCUT2D eigenvalue weighted by Crippen LogP contribution is -2.34. The molecule has 1 saturated carbocycles. The Bertz CT molecular complexity index is 641. The summed E-state index contributed by atoms with van der Waals surface area (Å²) in [6.45, 7) is 9.04. The molecule has 4 rings (SSSR count). The van der Waals surface area contributed by atoms with Crippen LogP contribution < -0.4 is 5.32 Å². The number of carbonyl (C=O) groups excluding carboxylic acids is 1. The molecule has 0 bridgehead atoms. The number of benzene rings is 1. The Kier molecular flexibility index (Phi) is 4.83. The molecule has 4 heteroatoms. The third-order valence-electron chi connectivity index (χ3n) is 6.15. The van der Waals surface area contributed by atoms with E-state index in [0.717, 1.165) is 39.2 Å². The quantitative estimate of drug-likeness (QED) is 0.864. The number of ether oxygens (including phenoxy) is 1. The fraction of sp³-hybridized carbons (Fsp3) is 0.667. The number of hydrogen-bond acceptors (Lipinski definition) is 3. The van der Waals surface area contributed by atoms with Crippen LogP contribution in [0.15, 0.2) is 18.2 Å². The van der Waals surface area contributed by atoms with Gasteiger partial charge >= 0.3 is 0 Å². The predicted octanol–water partition coefficient (Wildman–Crippen LogP) is 2.67. The number of hydrogen-bond donors (Lipinski definition) is 1. The molecule has 1 amide bonds. The van der Waals surface area contributed by atoms with Crippen molar-refractivity contribution in [3.63, 3.8) is 0 Å².